The minimum absolute atomic E-state index is 0.200. The van der Waals surface area contributed by atoms with E-state index in [0.717, 1.165) is 39.0 Å². The van der Waals surface area contributed by atoms with Crippen molar-refractivity contribution in [1.82, 2.24) is 14.8 Å². The average Bonchev–Trinajstić information content (AvgIpc) is 3.89. The summed E-state index contributed by atoms with van der Waals surface area (Å²) in [5.41, 5.74) is 0.247. The smallest absolute Gasteiger partial charge is 0.344 e. The predicted octanol–water partition coefficient (Wildman–Crippen LogP) is 4.18. The van der Waals surface area contributed by atoms with Gasteiger partial charge in [0.15, 0.2) is 6.10 Å². The molecule has 13 nitrogen and oxygen atoms in total. The molecule has 1 aromatic heterocycles. The molecule has 2 aromatic carbocycles. The number of fused-ring (bicyclic) bond motifs is 6. The van der Waals surface area contributed by atoms with Crippen molar-refractivity contribution in [2.75, 3.05) is 66.0 Å². The van der Waals surface area contributed by atoms with Crippen LogP contribution in [0.2, 0.25) is 0 Å². The van der Waals surface area contributed by atoms with Gasteiger partial charge < -0.3 is 39.0 Å². The molecule has 0 amide bonds. The number of piperidine rings is 1. The summed E-state index contributed by atoms with van der Waals surface area (Å²) in [5.74, 6) is -2.80. The largest absolute Gasteiger partial charge is 0.496 e. The molecule has 6 aliphatic rings. The van der Waals surface area contributed by atoms with Crippen LogP contribution in [0.3, 0.4) is 0 Å². The number of ether oxygens (including phenoxy) is 4. The Kier molecular flexibility index (Phi) is 9.54. The van der Waals surface area contributed by atoms with E-state index < -0.39 is 58.0 Å². The number of aromatic nitrogens is 1. The van der Waals surface area contributed by atoms with E-state index in [0.29, 0.717) is 70.6 Å². The molecule has 3 N–H and O–H groups in total. The molecule has 2 bridgehead atoms. The molecule has 4 unspecified atom stereocenters. The number of carbonyl (C=O) groups excluding carboxylic acids is 3. The Morgan fingerprint density at radius 3 is 2.47 bits per heavy atom. The first-order valence-electron chi connectivity index (χ1n) is 21.2. The zero-order valence-corrected chi connectivity index (χ0v) is 35.2. The molecule has 59 heavy (non-hydrogen) atoms. The number of rotatable bonds is 7. The van der Waals surface area contributed by atoms with Gasteiger partial charge in [-0.2, -0.15) is 0 Å². The van der Waals surface area contributed by atoms with Crippen molar-refractivity contribution in [2.24, 2.45) is 11.3 Å². The molecule has 5 aliphatic heterocycles. The lowest BCUT2D eigenvalue weighted by atomic mass is 9.47. The van der Waals surface area contributed by atoms with Crippen molar-refractivity contribution in [2.45, 2.75) is 99.5 Å². The van der Waals surface area contributed by atoms with E-state index in [4.69, 9.17) is 18.9 Å². The van der Waals surface area contributed by atoms with Gasteiger partial charge >= 0.3 is 17.9 Å². The van der Waals surface area contributed by atoms with Gasteiger partial charge in [0.1, 0.15) is 11.7 Å². The number of likely N-dealkylation sites (N-methyl/N-ethyl adjacent to an activating group) is 1. The Hall–Kier alpha value is -4.43. The molecule has 13 heteroatoms. The van der Waals surface area contributed by atoms with Gasteiger partial charge in [0.25, 0.3) is 0 Å². The number of H-pyrrole nitrogens is 1. The van der Waals surface area contributed by atoms with E-state index in [1.807, 2.05) is 50.1 Å². The van der Waals surface area contributed by atoms with E-state index in [1.54, 1.807) is 7.11 Å². The highest BCUT2D eigenvalue weighted by atomic mass is 16.6. The minimum Gasteiger partial charge on any atom is -0.496 e. The zero-order chi connectivity index (χ0) is 41.8. The minimum atomic E-state index is -2.28. The van der Waals surface area contributed by atoms with E-state index in [1.165, 1.54) is 21.1 Å². The topological polar surface area (TPSA) is 154 Å². The van der Waals surface area contributed by atoms with Crippen molar-refractivity contribution in [3.05, 3.63) is 70.9 Å². The number of carbonyl (C=O) groups is 3. The summed E-state index contributed by atoms with van der Waals surface area (Å²) in [5, 5.41) is 26.6. The van der Waals surface area contributed by atoms with Crippen LogP contribution in [0.25, 0.3) is 10.9 Å². The van der Waals surface area contributed by atoms with Crippen LogP contribution in [0.15, 0.2) is 48.6 Å². The van der Waals surface area contributed by atoms with Crippen LogP contribution in [-0.2, 0) is 40.4 Å². The first-order chi connectivity index (χ1) is 28.3. The zero-order valence-electron chi connectivity index (χ0n) is 35.2. The number of aliphatic hydroxyl groups is 2. The molecule has 1 aliphatic carbocycles. The van der Waals surface area contributed by atoms with Gasteiger partial charge in [-0.25, -0.2) is 4.79 Å². The molecule has 1 spiro atoms. The lowest BCUT2D eigenvalue weighted by Gasteiger charge is -2.63. The van der Waals surface area contributed by atoms with E-state index in [2.05, 4.69) is 39.1 Å². The van der Waals surface area contributed by atoms with Crippen LogP contribution in [0.5, 0.6) is 5.75 Å². The van der Waals surface area contributed by atoms with Crippen LogP contribution in [-0.4, -0.2) is 133 Å². The number of nitrogens with one attached hydrogen (secondary N) is 1. The normalized spacial score (nSPS) is 37.0. The highest BCUT2D eigenvalue weighted by molar-refractivity contribution is 5.90. The maximum Gasteiger partial charge on any atom is 0.344 e. The van der Waals surface area contributed by atoms with Crippen LogP contribution >= 0.6 is 0 Å². The van der Waals surface area contributed by atoms with Crippen LogP contribution in [0, 0.1) is 11.3 Å². The molecule has 6 heterocycles. The third-order valence-corrected chi connectivity index (χ3v) is 15.6. The van der Waals surface area contributed by atoms with E-state index in [9.17, 15) is 24.6 Å². The van der Waals surface area contributed by atoms with Gasteiger partial charge in [0.2, 0.25) is 5.60 Å². The fraction of sp³-hybridized carbons (Fsp3) is 0.587. The quantitative estimate of drug-likeness (QED) is 0.178. The molecule has 3 fully saturated rings. The second kappa shape index (κ2) is 14.1. The molecule has 1 saturated carbocycles. The number of para-hydroxylation sites is 1. The second-order valence-corrected chi connectivity index (χ2v) is 18.1. The number of hydrogen-bond acceptors (Lipinski definition) is 12. The van der Waals surface area contributed by atoms with Crippen molar-refractivity contribution in [1.29, 1.82) is 0 Å². The summed E-state index contributed by atoms with van der Waals surface area (Å²) in [6, 6.07) is 11.2. The summed E-state index contributed by atoms with van der Waals surface area (Å²) < 4.78 is 23.7. The SMILES string of the molecule is CC[C@]1(O)C[C@@H]2CN(CCc3c([nH]c4ccccc34)[C@H](C(=O)OC)C2c2cc3c(cc2OC)N(C)C2[C@]34CCN3CC=C[C@](CC)(C34)[C@@H](OC(C)=O)[C@]2(O)C(=O)OC)C1. The van der Waals surface area contributed by atoms with Gasteiger partial charge in [-0.15, -0.1) is 0 Å². The number of nitrogens with zero attached hydrogens (tertiary/aromatic N) is 3. The number of benzene rings is 2. The van der Waals surface area contributed by atoms with Crippen LogP contribution < -0.4 is 9.64 Å². The standard InChI is InChI=1S/C46H58N4O9/c1-8-43(54)23-27-24-49(25-43)19-15-29-28-13-10-11-14-32(28)47-37(29)36(38(52)57-6)35(27)30-21-31-33(22-34(30)56-5)48(4)40-45(31)17-20-50-18-12-16-44(9-2,39(45)50)41(59-26(3)51)46(40,55)42(53)58-7/h10-14,16,21-22,27,35-36,39-41,47,54-55H,8-9,15,17-20,23-25H2,1-7H3/t27-,35?,36-,39?,40?,41-,43+,44-,45-,46+/m1/s1. The summed E-state index contributed by atoms with van der Waals surface area (Å²) in [6.45, 7) is 8.60. The van der Waals surface area contributed by atoms with Crippen molar-refractivity contribution in [3.8, 4) is 5.75 Å². The Morgan fingerprint density at radius 1 is 1.00 bits per heavy atom. The Bertz CT molecular complexity index is 2240. The van der Waals surface area contributed by atoms with Gasteiger partial charge in [-0.3, -0.25) is 19.4 Å². The lowest BCUT2D eigenvalue weighted by Crippen LogP contribution is -2.81. The molecular formula is C46H58N4O9. The third-order valence-electron chi connectivity index (χ3n) is 15.6. The third kappa shape index (κ3) is 5.39. The number of hydrogen-bond donors (Lipinski definition) is 3. The second-order valence-electron chi connectivity index (χ2n) is 18.1. The highest BCUT2D eigenvalue weighted by Crippen LogP contribution is 2.68. The van der Waals surface area contributed by atoms with Crippen LogP contribution in [0.1, 0.15) is 80.7 Å². The monoisotopic (exact) mass is 810 g/mol. The first kappa shape index (κ1) is 40.0. The van der Waals surface area contributed by atoms with Gasteiger partial charge in [0.05, 0.1) is 33.0 Å². The Balaban J connectivity index is 1.34. The maximum atomic E-state index is 14.7. The summed E-state index contributed by atoms with van der Waals surface area (Å²) in [6.07, 6.45) is 5.66. The van der Waals surface area contributed by atoms with Gasteiger partial charge in [-0.1, -0.05) is 44.2 Å². The fourth-order valence-electron chi connectivity index (χ4n) is 13.4. The molecule has 9 rings (SSSR count). The Morgan fingerprint density at radius 2 is 1.78 bits per heavy atom. The van der Waals surface area contributed by atoms with Crippen molar-refractivity contribution >= 4 is 34.5 Å². The summed E-state index contributed by atoms with van der Waals surface area (Å²) in [4.78, 5) is 52.5. The number of aromatic amines is 1. The molecular weight excluding hydrogens is 753 g/mol. The number of methoxy groups -OCH3 is 3. The fourth-order valence-corrected chi connectivity index (χ4v) is 13.4. The molecule has 0 radical (unpaired) electrons. The molecule has 11 atom stereocenters. The molecule has 2 saturated heterocycles. The Labute approximate surface area is 345 Å². The highest BCUT2D eigenvalue weighted by Gasteiger charge is 2.80. The predicted molar refractivity (Wildman–Crippen MR) is 221 cm³/mol. The maximum absolute atomic E-state index is 14.7. The summed E-state index contributed by atoms with van der Waals surface area (Å²) >= 11 is 0. The van der Waals surface area contributed by atoms with Crippen molar-refractivity contribution < 1.29 is 43.5 Å². The van der Waals surface area contributed by atoms with E-state index in [-0.39, 0.29) is 17.9 Å². The number of esters is 3. The molecule has 316 valence electrons. The average molecular weight is 811 g/mol. The lowest BCUT2D eigenvalue weighted by molar-refractivity contribution is -0.228. The van der Waals surface area contributed by atoms with Gasteiger partial charge in [0, 0.05) is 91.3 Å². The number of anilines is 1. The first-order valence-corrected chi connectivity index (χ1v) is 21.2. The van der Waals surface area contributed by atoms with Crippen LogP contribution in [0.4, 0.5) is 5.69 Å². The van der Waals surface area contributed by atoms with Gasteiger partial charge in [-0.05, 0) is 73.4 Å². The van der Waals surface area contributed by atoms with Crippen molar-refractivity contribution in [3.63, 3.8) is 0 Å². The van der Waals surface area contributed by atoms with E-state index >= 15 is 0 Å². The molecule has 3 aromatic rings. The summed E-state index contributed by atoms with van der Waals surface area (Å²) in [7, 11) is 6.21.